The smallest absolute Gasteiger partial charge is 0.105 e. The predicted molar refractivity (Wildman–Crippen MR) is 70.3 cm³/mol. The van der Waals surface area contributed by atoms with Crippen molar-refractivity contribution >= 4 is 40.6 Å². The summed E-state index contributed by atoms with van der Waals surface area (Å²) in [5, 5.41) is 0. The molecule has 0 fully saturated rings. The van der Waals surface area contributed by atoms with E-state index in [1.54, 1.807) is 12.3 Å². The molecule has 14 heavy (non-hydrogen) atoms. The summed E-state index contributed by atoms with van der Waals surface area (Å²) in [7, 11) is 0. The van der Waals surface area contributed by atoms with E-state index in [1.807, 2.05) is 6.92 Å². The summed E-state index contributed by atoms with van der Waals surface area (Å²) in [6.45, 7) is 9.77. The number of aliphatic imine (C=N–C) groups is 1. The summed E-state index contributed by atoms with van der Waals surface area (Å²) >= 11 is 2.23. The van der Waals surface area contributed by atoms with Crippen LogP contribution in [0, 0.1) is 17.5 Å². The third kappa shape index (κ3) is 2.03. The molecule has 1 aromatic rings. The van der Waals surface area contributed by atoms with Crippen LogP contribution in [0.3, 0.4) is 0 Å². The first-order valence-electron chi connectivity index (χ1n) is 4.39. The van der Waals surface area contributed by atoms with Gasteiger partial charge in [0.25, 0.3) is 0 Å². The Labute approximate surface area is 98.3 Å². The highest BCUT2D eigenvalue weighted by atomic mass is 127. The van der Waals surface area contributed by atoms with Gasteiger partial charge in [0.05, 0.1) is 11.4 Å². The van der Waals surface area contributed by atoms with Gasteiger partial charge in [-0.1, -0.05) is 6.58 Å². The van der Waals surface area contributed by atoms with E-state index in [4.69, 9.17) is 0 Å². The van der Waals surface area contributed by atoms with E-state index in [9.17, 15) is 0 Å². The zero-order chi connectivity index (χ0) is 10.7. The SMILES string of the molecule is C=Cc1nc(I)c(C)c(C)c1N=CC. The van der Waals surface area contributed by atoms with Gasteiger partial charge in [0.1, 0.15) is 3.70 Å². The fraction of sp³-hybridized carbons (Fsp3) is 0.273. The van der Waals surface area contributed by atoms with Crippen molar-refractivity contribution in [3.8, 4) is 0 Å². The van der Waals surface area contributed by atoms with Crippen LogP contribution in [0.5, 0.6) is 0 Å². The third-order valence-corrected chi connectivity index (χ3v) is 3.19. The molecule has 0 aliphatic carbocycles. The Morgan fingerprint density at radius 3 is 2.50 bits per heavy atom. The normalized spacial score (nSPS) is 10.9. The maximum absolute atomic E-state index is 4.43. The summed E-state index contributed by atoms with van der Waals surface area (Å²) in [6.07, 6.45) is 3.53. The van der Waals surface area contributed by atoms with Crippen molar-refractivity contribution in [1.82, 2.24) is 4.98 Å². The highest BCUT2D eigenvalue weighted by Gasteiger charge is 2.09. The molecule has 1 heterocycles. The fourth-order valence-corrected chi connectivity index (χ4v) is 1.87. The number of aromatic nitrogens is 1. The summed E-state index contributed by atoms with van der Waals surface area (Å²) < 4.78 is 1.02. The molecule has 3 heteroatoms. The van der Waals surface area contributed by atoms with Crippen LogP contribution < -0.4 is 0 Å². The van der Waals surface area contributed by atoms with Crippen molar-refractivity contribution < 1.29 is 0 Å². The number of nitrogens with zero attached hydrogens (tertiary/aromatic N) is 2. The van der Waals surface area contributed by atoms with Gasteiger partial charge in [-0.25, -0.2) is 4.98 Å². The number of rotatable bonds is 2. The minimum Gasteiger partial charge on any atom is -0.259 e. The molecule has 0 bridgehead atoms. The molecule has 0 saturated carbocycles. The van der Waals surface area contributed by atoms with Crippen molar-refractivity contribution in [3.05, 3.63) is 27.1 Å². The molecule has 1 rings (SSSR count). The lowest BCUT2D eigenvalue weighted by molar-refractivity contribution is 1.14. The van der Waals surface area contributed by atoms with Crippen LogP contribution in [0.2, 0.25) is 0 Å². The Morgan fingerprint density at radius 2 is 2.00 bits per heavy atom. The molecule has 1 aromatic heterocycles. The third-order valence-electron chi connectivity index (χ3n) is 2.14. The summed E-state index contributed by atoms with van der Waals surface area (Å²) in [4.78, 5) is 8.74. The summed E-state index contributed by atoms with van der Waals surface area (Å²) in [6, 6.07) is 0. The highest BCUT2D eigenvalue weighted by Crippen LogP contribution is 2.28. The topological polar surface area (TPSA) is 25.2 Å². The molecule has 0 N–H and O–H groups in total. The summed E-state index contributed by atoms with van der Waals surface area (Å²) in [5.74, 6) is 0. The Bertz CT molecular complexity index is 395. The van der Waals surface area contributed by atoms with Crippen LogP contribution in [0.15, 0.2) is 11.6 Å². The van der Waals surface area contributed by atoms with E-state index < -0.39 is 0 Å². The quantitative estimate of drug-likeness (QED) is 0.465. The Hall–Kier alpha value is -0.710. The van der Waals surface area contributed by atoms with Gasteiger partial charge in [-0.15, -0.1) is 0 Å². The molecule has 0 aromatic carbocycles. The molecular weight excluding hydrogens is 287 g/mol. The second kappa shape index (κ2) is 4.68. The lowest BCUT2D eigenvalue weighted by Crippen LogP contribution is -1.95. The van der Waals surface area contributed by atoms with Gasteiger partial charge in [0.2, 0.25) is 0 Å². The molecular formula is C11H13IN2. The molecule has 0 aliphatic heterocycles. The zero-order valence-corrected chi connectivity index (χ0v) is 10.8. The molecule has 0 atom stereocenters. The number of pyridine rings is 1. The Kier molecular flexibility index (Phi) is 3.80. The maximum atomic E-state index is 4.43. The zero-order valence-electron chi connectivity index (χ0n) is 8.63. The molecule has 74 valence electrons. The van der Waals surface area contributed by atoms with Gasteiger partial charge in [0, 0.05) is 6.21 Å². The Morgan fingerprint density at radius 1 is 1.36 bits per heavy atom. The lowest BCUT2D eigenvalue weighted by atomic mass is 10.1. The van der Waals surface area contributed by atoms with E-state index in [0.29, 0.717) is 0 Å². The maximum Gasteiger partial charge on any atom is 0.105 e. The number of hydrogen-bond acceptors (Lipinski definition) is 2. The summed E-state index contributed by atoms with van der Waals surface area (Å²) in [5.41, 5.74) is 4.16. The van der Waals surface area contributed by atoms with E-state index in [-0.39, 0.29) is 0 Å². The average Bonchev–Trinajstić information content (AvgIpc) is 2.19. The van der Waals surface area contributed by atoms with E-state index in [0.717, 1.165) is 15.1 Å². The van der Waals surface area contributed by atoms with Gasteiger partial charge >= 0.3 is 0 Å². The first-order valence-corrected chi connectivity index (χ1v) is 5.47. The van der Waals surface area contributed by atoms with Gasteiger partial charge in [-0.05, 0) is 60.6 Å². The van der Waals surface area contributed by atoms with Gasteiger partial charge < -0.3 is 0 Å². The van der Waals surface area contributed by atoms with Crippen LogP contribution in [0.1, 0.15) is 23.7 Å². The lowest BCUT2D eigenvalue weighted by Gasteiger charge is -2.09. The van der Waals surface area contributed by atoms with Gasteiger partial charge in [-0.2, -0.15) is 0 Å². The van der Waals surface area contributed by atoms with Gasteiger partial charge in [0.15, 0.2) is 0 Å². The van der Waals surface area contributed by atoms with E-state index >= 15 is 0 Å². The van der Waals surface area contributed by atoms with Crippen molar-refractivity contribution in [3.63, 3.8) is 0 Å². The highest BCUT2D eigenvalue weighted by molar-refractivity contribution is 14.1. The van der Waals surface area contributed by atoms with Crippen LogP contribution in [-0.4, -0.2) is 11.2 Å². The van der Waals surface area contributed by atoms with E-state index in [2.05, 4.69) is 53.0 Å². The first-order chi connectivity index (χ1) is 6.61. The van der Waals surface area contributed by atoms with Crippen LogP contribution >= 0.6 is 22.6 Å². The number of halogens is 1. The van der Waals surface area contributed by atoms with Crippen LogP contribution in [0.25, 0.3) is 6.08 Å². The molecule has 0 unspecified atom stereocenters. The largest absolute Gasteiger partial charge is 0.259 e. The first kappa shape index (κ1) is 11.4. The van der Waals surface area contributed by atoms with Crippen molar-refractivity contribution in [2.75, 3.05) is 0 Å². The molecule has 0 spiro atoms. The average molecular weight is 300 g/mol. The van der Waals surface area contributed by atoms with E-state index in [1.165, 1.54) is 11.1 Å². The van der Waals surface area contributed by atoms with Crippen molar-refractivity contribution in [1.29, 1.82) is 0 Å². The molecule has 0 saturated heterocycles. The standard InChI is InChI=1S/C11H13IN2/c1-5-9-10(13-6-2)7(3)8(4)11(12)14-9/h5-6H,1H2,2-4H3. The second-order valence-electron chi connectivity index (χ2n) is 2.98. The van der Waals surface area contributed by atoms with Crippen LogP contribution in [-0.2, 0) is 0 Å². The second-order valence-corrected chi connectivity index (χ2v) is 4.00. The Balaban J connectivity index is 3.52. The van der Waals surface area contributed by atoms with Crippen LogP contribution in [0.4, 0.5) is 5.69 Å². The molecule has 2 nitrogen and oxygen atoms in total. The number of hydrogen-bond donors (Lipinski definition) is 0. The minimum absolute atomic E-state index is 0.857. The fourth-order valence-electron chi connectivity index (χ4n) is 1.20. The minimum atomic E-state index is 0.857. The molecule has 0 amide bonds. The van der Waals surface area contributed by atoms with Crippen molar-refractivity contribution in [2.45, 2.75) is 20.8 Å². The van der Waals surface area contributed by atoms with Gasteiger partial charge in [-0.3, -0.25) is 4.99 Å². The van der Waals surface area contributed by atoms with Crippen molar-refractivity contribution in [2.24, 2.45) is 4.99 Å². The predicted octanol–water partition coefficient (Wildman–Crippen LogP) is 3.67. The molecule has 0 aliphatic rings. The molecule has 0 radical (unpaired) electrons. The monoisotopic (exact) mass is 300 g/mol.